The number of unbranched alkanes of at least 4 members (excludes halogenated alkanes) is 2. The molecule has 0 radical (unpaired) electrons. The smallest absolute Gasteiger partial charge is 0.0612 e. The molecule has 114 valence electrons. The van der Waals surface area contributed by atoms with E-state index in [9.17, 15) is 0 Å². The molecule has 0 rings (SSSR count). The van der Waals surface area contributed by atoms with Crippen molar-refractivity contribution >= 4 is 0 Å². The Morgan fingerprint density at radius 1 is 0.895 bits per heavy atom. The Bertz CT molecular complexity index is 179. The molecule has 2 heteroatoms. The van der Waals surface area contributed by atoms with Gasteiger partial charge in [0.05, 0.1) is 6.61 Å². The van der Waals surface area contributed by atoms with Crippen LogP contribution in [0.2, 0.25) is 0 Å². The lowest BCUT2D eigenvalue weighted by atomic mass is 10.0. The quantitative estimate of drug-likeness (QED) is 0.454. The van der Waals surface area contributed by atoms with E-state index >= 15 is 0 Å². The fraction of sp³-hybridized carbons (Fsp3) is 0.765. The second-order valence-electron chi connectivity index (χ2n) is 4.71. The van der Waals surface area contributed by atoms with Gasteiger partial charge < -0.3 is 10.2 Å². The zero-order chi connectivity index (χ0) is 14.8. The second kappa shape index (κ2) is 19.7. The number of aliphatic hydroxyl groups excluding tert-OH is 2. The molecule has 0 aliphatic heterocycles. The van der Waals surface area contributed by atoms with Gasteiger partial charge >= 0.3 is 0 Å². The minimum Gasteiger partial charge on any atom is -0.396 e. The molecule has 0 saturated heterocycles. The third-order valence-corrected chi connectivity index (χ3v) is 2.98. The van der Waals surface area contributed by atoms with E-state index in [0.717, 1.165) is 25.7 Å². The van der Waals surface area contributed by atoms with Gasteiger partial charge in [-0.15, -0.1) is 0 Å². The van der Waals surface area contributed by atoms with Crippen molar-refractivity contribution in [3.05, 3.63) is 24.3 Å². The van der Waals surface area contributed by atoms with Crippen molar-refractivity contribution in [2.75, 3.05) is 13.2 Å². The van der Waals surface area contributed by atoms with Crippen LogP contribution in [0.3, 0.4) is 0 Å². The maximum absolute atomic E-state index is 8.75. The van der Waals surface area contributed by atoms with Gasteiger partial charge in [0.25, 0.3) is 0 Å². The lowest BCUT2D eigenvalue weighted by Gasteiger charge is -2.08. The van der Waals surface area contributed by atoms with Crippen molar-refractivity contribution in [3.63, 3.8) is 0 Å². The fourth-order valence-corrected chi connectivity index (χ4v) is 1.59. The van der Waals surface area contributed by atoms with Crippen LogP contribution in [-0.4, -0.2) is 23.4 Å². The Morgan fingerprint density at radius 2 is 1.53 bits per heavy atom. The molecule has 19 heavy (non-hydrogen) atoms. The van der Waals surface area contributed by atoms with E-state index in [-0.39, 0.29) is 6.61 Å². The van der Waals surface area contributed by atoms with E-state index in [4.69, 9.17) is 10.2 Å². The number of hydrogen-bond donors (Lipinski definition) is 2. The minimum atomic E-state index is 0.164. The topological polar surface area (TPSA) is 40.5 Å². The predicted molar refractivity (Wildman–Crippen MR) is 85.3 cm³/mol. The van der Waals surface area contributed by atoms with Crippen molar-refractivity contribution in [2.45, 2.75) is 65.7 Å². The maximum atomic E-state index is 8.75. The summed E-state index contributed by atoms with van der Waals surface area (Å²) in [5, 5.41) is 17.1. The summed E-state index contributed by atoms with van der Waals surface area (Å²) >= 11 is 0. The van der Waals surface area contributed by atoms with Crippen molar-refractivity contribution in [2.24, 2.45) is 5.92 Å². The highest BCUT2D eigenvalue weighted by Gasteiger charge is 2.01. The van der Waals surface area contributed by atoms with Crippen LogP contribution < -0.4 is 0 Å². The van der Waals surface area contributed by atoms with Crippen LogP contribution in [0, 0.1) is 5.92 Å². The van der Waals surface area contributed by atoms with Gasteiger partial charge in [0.2, 0.25) is 0 Å². The molecular weight excluding hydrogens is 236 g/mol. The summed E-state index contributed by atoms with van der Waals surface area (Å²) in [6, 6.07) is 0. The number of allylic oxidation sites excluding steroid dienone is 3. The van der Waals surface area contributed by atoms with Gasteiger partial charge in [0.1, 0.15) is 0 Å². The zero-order valence-corrected chi connectivity index (χ0v) is 13.1. The lowest BCUT2D eigenvalue weighted by Crippen LogP contribution is -2.03. The first kappa shape index (κ1) is 20.7. The maximum Gasteiger partial charge on any atom is 0.0612 e. The van der Waals surface area contributed by atoms with Crippen LogP contribution in [0.25, 0.3) is 0 Å². The lowest BCUT2D eigenvalue weighted by molar-refractivity contribution is 0.212. The van der Waals surface area contributed by atoms with Crippen molar-refractivity contribution in [1.29, 1.82) is 0 Å². The Kier molecular flexibility index (Phi) is 21.5. The van der Waals surface area contributed by atoms with Crippen LogP contribution in [0.1, 0.15) is 65.7 Å². The second-order valence-corrected chi connectivity index (χ2v) is 4.71. The number of aliphatic hydroxyl groups is 2. The largest absolute Gasteiger partial charge is 0.396 e. The SMILES string of the molecule is CCC=CCCC=CCO.CCCCC(CC)CO. The summed E-state index contributed by atoms with van der Waals surface area (Å²) in [5.74, 6) is 0.560. The molecule has 1 atom stereocenters. The van der Waals surface area contributed by atoms with Crippen molar-refractivity contribution in [1.82, 2.24) is 0 Å². The summed E-state index contributed by atoms with van der Waals surface area (Å²) in [4.78, 5) is 0. The fourth-order valence-electron chi connectivity index (χ4n) is 1.59. The first-order valence-corrected chi connectivity index (χ1v) is 7.78. The molecule has 0 aromatic rings. The van der Waals surface area contributed by atoms with E-state index in [2.05, 4.69) is 32.9 Å². The molecule has 0 bridgehead atoms. The van der Waals surface area contributed by atoms with E-state index in [0.29, 0.717) is 12.5 Å². The molecule has 0 amide bonds. The summed E-state index contributed by atoms with van der Waals surface area (Å²) in [5.41, 5.74) is 0. The first-order chi connectivity index (χ1) is 9.26. The third kappa shape index (κ3) is 19.9. The monoisotopic (exact) mass is 270 g/mol. The highest BCUT2D eigenvalue weighted by atomic mass is 16.3. The molecule has 0 aromatic carbocycles. The van der Waals surface area contributed by atoms with Gasteiger partial charge in [-0.1, -0.05) is 64.3 Å². The Hall–Kier alpha value is -0.600. The van der Waals surface area contributed by atoms with Crippen LogP contribution in [0.15, 0.2) is 24.3 Å². The van der Waals surface area contributed by atoms with Gasteiger partial charge in [0, 0.05) is 6.61 Å². The first-order valence-electron chi connectivity index (χ1n) is 7.78. The molecule has 0 aromatic heterocycles. The van der Waals surface area contributed by atoms with Gasteiger partial charge in [-0.3, -0.25) is 0 Å². The van der Waals surface area contributed by atoms with Crippen molar-refractivity contribution in [3.8, 4) is 0 Å². The molecular formula is C17H34O2. The van der Waals surface area contributed by atoms with E-state index < -0.39 is 0 Å². The van der Waals surface area contributed by atoms with Crippen LogP contribution in [0.5, 0.6) is 0 Å². The summed E-state index contributed by atoms with van der Waals surface area (Å²) < 4.78 is 0. The summed E-state index contributed by atoms with van der Waals surface area (Å²) in [6.45, 7) is 6.98. The van der Waals surface area contributed by atoms with Crippen LogP contribution >= 0.6 is 0 Å². The van der Waals surface area contributed by atoms with Crippen LogP contribution in [-0.2, 0) is 0 Å². The Morgan fingerprint density at radius 3 is 1.95 bits per heavy atom. The summed E-state index contributed by atoms with van der Waals surface area (Å²) in [6.07, 6.45) is 16.2. The zero-order valence-electron chi connectivity index (χ0n) is 13.1. The van der Waals surface area contributed by atoms with Gasteiger partial charge in [-0.2, -0.15) is 0 Å². The molecule has 2 nitrogen and oxygen atoms in total. The third-order valence-electron chi connectivity index (χ3n) is 2.98. The molecule has 0 spiro atoms. The molecule has 0 saturated carbocycles. The average Bonchev–Trinajstić information content (AvgIpc) is 2.45. The van der Waals surface area contributed by atoms with E-state index in [1.54, 1.807) is 6.08 Å². The normalized spacial score (nSPS) is 12.7. The standard InChI is InChI=1S/C9H16O.C8H18O/c1-2-3-4-5-6-7-8-9-10;1-3-5-6-8(4-2)7-9/h3-4,7-8,10H,2,5-6,9H2,1H3;8-9H,3-7H2,1-2H3. The Labute approximate surface area is 120 Å². The minimum absolute atomic E-state index is 0.164. The predicted octanol–water partition coefficient (Wildman–Crippen LogP) is 4.48. The van der Waals surface area contributed by atoms with Gasteiger partial charge in [-0.05, 0) is 31.6 Å². The average molecular weight is 270 g/mol. The summed E-state index contributed by atoms with van der Waals surface area (Å²) in [7, 11) is 0. The van der Waals surface area contributed by atoms with Crippen molar-refractivity contribution < 1.29 is 10.2 Å². The van der Waals surface area contributed by atoms with E-state index in [1.165, 1.54) is 19.3 Å². The molecule has 1 unspecified atom stereocenters. The molecule has 0 aliphatic rings. The van der Waals surface area contributed by atoms with Crippen LogP contribution in [0.4, 0.5) is 0 Å². The van der Waals surface area contributed by atoms with Gasteiger partial charge in [0.15, 0.2) is 0 Å². The molecule has 0 aliphatic carbocycles. The number of hydrogen-bond acceptors (Lipinski definition) is 2. The highest BCUT2D eigenvalue weighted by molar-refractivity contribution is 4.87. The highest BCUT2D eigenvalue weighted by Crippen LogP contribution is 2.10. The molecule has 0 fully saturated rings. The molecule has 2 N–H and O–H groups in total. The number of rotatable bonds is 10. The molecule has 0 heterocycles. The van der Waals surface area contributed by atoms with Gasteiger partial charge in [-0.25, -0.2) is 0 Å². The Balaban J connectivity index is 0. The van der Waals surface area contributed by atoms with E-state index in [1.807, 2.05) is 6.08 Å².